The summed E-state index contributed by atoms with van der Waals surface area (Å²) >= 11 is 0. The Labute approximate surface area is 112 Å². The summed E-state index contributed by atoms with van der Waals surface area (Å²) in [6.07, 6.45) is 6.00. The van der Waals surface area contributed by atoms with E-state index < -0.39 is 5.97 Å². The van der Waals surface area contributed by atoms with Crippen LogP contribution >= 0.6 is 0 Å². The lowest BCUT2D eigenvalue weighted by Crippen LogP contribution is -2.40. The molecule has 1 aromatic rings. The van der Waals surface area contributed by atoms with Gasteiger partial charge in [0, 0.05) is 37.5 Å². The Morgan fingerprint density at radius 2 is 2.11 bits per heavy atom. The van der Waals surface area contributed by atoms with E-state index in [1.807, 2.05) is 4.90 Å². The van der Waals surface area contributed by atoms with E-state index in [0.29, 0.717) is 24.4 Å². The SMILES string of the molecule is O=C(O)CC[C@H]1CCCN(C(=O)c2ccncc2)C1. The number of aromatic nitrogens is 1. The zero-order valence-corrected chi connectivity index (χ0v) is 10.8. The number of nitrogens with zero attached hydrogens (tertiary/aromatic N) is 2. The summed E-state index contributed by atoms with van der Waals surface area (Å²) in [5.41, 5.74) is 0.647. The highest BCUT2D eigenvalue weighted by Gasteiger charge is 2.24. The molecule has 1 amide bonds. The maximum atomic E-state index is 12.3. The van der Waals surface area contributed by atoms with Gasteiger partial charge in [0.25, 0.3) is 5.91 Å². The monoisotopic (exact) mass is 262 g/mol. The van der Waals surface area contributed by atoms with Crippen LogP contribution in [0.1, 0.15) is 36.0 Å². The number of likely N-dealkylation sites (tertiary alicyclic amines) is 1. The Bertz CT molecular complexity index is 447. The number of hydrogen-bond acceptors (Lipinski definition) is 3. The summed E-state index contributed by atoms with van der Waals surface area (Å²) in [4.78, 5) is 28.6. The lowest BCUT2D eigenvalue weighted by molar-refractivity contribution is -0.137. The first-order valence-corrected chi connectivity index (χ1v) is 6.58. The molecule has 1 fully saturated rings. The molecule has 0 bridgehead atoms. The van der Waals surface area contributed by atoms with Crippen molar-refractivity contribution in [1.82, 2.24) is 9.88 Å². The van der Waals surface area contributed by atoms with Gasteiger partial charge < -0.3 is 10.0 Å². The minimum Gasteiger partial charge on any atom is -0.481 e. The van der Waals surface area contributed by atoms with E-state index in [0.717, 1.165) is 19.4 Å². The molecule has 1 aliphatic rings. The molecule has 1 aromatic heterocycles. The number of aliphatic carboxylic acids is 1. The van der Waals surface area contributed by atoms with Crippen LogP contribution in [0.5, 0.6) is 0 Å². The van der Waals surface area contributed by atoms with Crippen LogP contribution in [-0.2, 0) is 4.79 Å². The van der Waals surface area contributed by atoms with Gasteiger partial charge in [0.05, 0.1) is 0 Å². The highest BCUT2D eigenvalue weighted by molar-refractivity contribution is 5.94. The van der Waals surface area contributed by atoms with E-state index in [1.54, 1.807) is 24.5 Å². The van der Waals surface area contributed by atoms with Gasteiger partial charge in [-0.3, -0.25) is 14.6 Å². The fourth-order valence-electron chi connectivity index (χ4n) is 2.49. The van der Waals surface area contributed by atoms with Crippen LogP contribution in [0, 0.1) is 5.92 Å². The van der Waals surface area contributed by atoms with Gasteiger partial charge in [-0.15, -0.1) is 0 Å². The minimum absolute atomic E-state index is 0.0161. The fourth-order valence-corrected chi connectivity index (χ4v) is 2.49. The van der Waals surface area contributed by atoms with Crippen LogP contribution < -0.4 is 0 Å². The molecule has 5 nitrogen and oxygen atoms in total. The van der Waals surface area contributed by atoms with Crippen LogP contribution in [0.4, 0.5) is 0 Å². The maximum Gasteiger partial charge on any atom is 0.303 e. The molecule has 0 saturated carbocycles. The smallest absolute Gasteiger partial charge is 0.303 e. The quantitative estimate of drug-likeness (QED) is 0.898. The predicted octanol–water partition coefficient (Wildman–Crippen LogP) is 1.80. The zero-order chi connectivity index (χ0) is 13.7. The molecule has 1 atom stereocenters. The number of amides is 1. The van der Waals surface area contributed by atoms with E-state index in [4.69, 9.17) is 5.11 Å². The van der Waals surface area contributed by atoms with Crippen LogP contribution in [0.3, 0.4) is 0 Å². The van der Waals surface area contributed by atoms with Crippen molar-refractivity contribution in [2.75, 3.05) is 13.1 Å². The lowest BCUT2D eigenvalue weighted by atomic mass is 9.93. The van der Waals surface area contributed by atoms with Crippen LogP contribution in [-0.4, -0.2) is 40.0 Å². The van der Waals surface area contributed by atoms with Crippen molar-refractivity contribution in [3.63, 3.8) is 0 Å². The molecule has 0 radical (unpaired) electrons. The van der Waals surface area contributed by atoms with Gasteiger partial charge in [-0.1, -0.05) is 0 Å². The first kappa shape index (κ1) is 13.5. The van der Waals surface area contributed by atoms with Crippen molar-refractivity contribution < 1.29 is 14.7 Å². The van der Waals surface area contributed by atoms with E-state index >= 15 is 0 Å². The van der Waals surface area contributed by atoms with Gasteiger partial charge in [-0.05, 0) is 37.3 Å². The van der Waals surface area contributed by atoms with Gasteiger partial charge in [0.1, 0.15) is 0 Å². The highest BCUT2D eigenvalue weighted by atomic mass is 16.4. The average Bonchev–Trinajstić information content (AvgIpc) is 2.45. The molecular formula is C14H18N2O3. The van der Waals surface area contributed by atoms with Gasteiger partial charge >= 0.3 is 5.97 Å². The van der Waals surface area contributed by atoms with Crippen molar-refractivity contribution in [3.8, 4) is 0 Å². The Hall–Kier alpha value is -1.91. The summed E-state index contributed by atoms with van der Waals surface area (Å²) in [6, 6.07) is 3.42. The Morgan fingerprint density at radius 1 is 1.37 bits per heavy atom. The van der Waals surface area contributed by atoms with Crippen molar-refractivity contribution in [2.24, 2.45) is 5.92 Å². The molecule has 5 heteroatoms. The van der Waals surface area contributed by atoms with Crippen molar-refractivity contribution >= 4 is 11.9 Å². The van der Waals surface area contributed by atoms with E-state index in [-0.39, 0.29) is 12.3 Å². The molecule has 19 heavy (non-hydrogen) atoms. The Morgan fingerprint density at radius 3 is 2.79 bits per heavy atom. The van der Waals surface area contributed by atoms with E-state index in [9.17, 15) is 9.59 Å². The number of hydrogen-bond donors (Lipinski definition) is 1. The summed E-state index contributed by atoms with van der Waals surface area (Å²) in [7, 11) is 0. The largest absolute Gasteiger partial charge is 0.481 e. The second kappa shape index (κ2) is 6.31. The minimum atomic E-state index is -0.766. The third-order valence-electron chi connectivity index (χ3n) is 3.50. The van der Waals surface area contributed by atoms with Crippen molar-refractivity contribution in [2.45, 2.75) is 25.7 Å². The molecule has 0 unspecified atom stereocenters. The van der Waals surface area contributed by atoms with Crippen LogP contribution in [0.15, 0.2) is 24.5 Å². The van der Waals surface area contributed by atoms with Crippen LogP contribution in [0.2, 0.25) is 0 Å². The zero-order valence-electron chi connectivity index (χ0n) is 10.8. The number of piperidine rings is 1. The predicted molar refractivity (Wildman–Crippen MR) is 69.7 cm³/mol. The highest BCUT2D eigenvalue weighted by Crippen LogP contribution is 2.22. The Kier molecular flexibility index (Phi) is 4.49. The number of carboxylic acid groups (broad SMARTS) is 1. The molecule has 1 N–H and O–H groups in total. The molecule has 1 aliphatic heterocycles. The molecule has 0 spiro atoms. The maximum absolute atomic E-state index is 12.3. The third-order valence-corrected chi connectivity index (χ3v) is 3.50. The molecule has 0 aromatic carbocycles. The molecular weight excluding hydrogens is 244 g/mol. The summed E-state index contributed by atoms with van der Waals surface area (Å²) in [6.45, 7) is 1.42. The number of carbonyl (C=O) groups excluding carboxylic acids is 1. The molecule has 1 saturated heterocycles. The summed E-state index contributed by atoms with van der Waals surface area (Å²) < 4.78 is 0. The lowest BCUT2D eigenvalue weighted by Gasteiger charge is -2.32. The number of carbonyl (C=O) groups is 2. The fraction of sp³-hybridized carbons (Fsp3) is 0.500. The van der Waals surface area contributed by atoms with Gasteiger partial charge in [-0.2, -0.15) is 0 Å². The standard InChI is InChI=1S/C14H18N2O3/c17-13(18)4-3-11-2-1-9-16(10-11)14(19)12-5-7-15-8-6-12/h5-8,11H,1-4,9-10H2,(H,17,18)/t11-/m1/s1. The summed E-state index contributed by atoms with van der Waals surface area (Å²) in [5.74, 6) is -0.448. The molecule has 2 rings (SSSR count). The second-order valence-corrected chi connectivity index (χ2v) is 4.93. The van der Waals surface area contributed by atoms with Gasteiger partial charge in [-0.25, -0.2) is 0 Å². The van der Waals surface area contributed by atoms with Gasteiger partial charge in [0.15, 0.2) is 0 Å². The van der Waals surface area contributed by atoms with Gasteiger partial charge in [0.2, 0.25) is 0 Å². The summed E-state index contributed by atoms with van der Waals surface area (Å²) in [5, 5.41) is 8.71. The van der Waals surface area contributed by atoms with Crippen LogP contribution in [0.25, 0.3) is 0 Å². The third kappa shape index (κ3) is 3.77. The first-order valence-electron chi connectivity index (χ1n) is 6.58. The molecule has 102 valence electrons. The van der Waals surface area contributed by atoms with Crippen molar-refractivity contribution in [3.05, 3.63) is 30.1 Å². The molecule has 0 aliphatic carbocycles. The first-order chi connectivity index (χ1) is 9.16. The number of carboxylic acids is 1. The van der Waals surface area contributed by atoms with E-state index in [1.165, 1.54) is 0 Å². The molecule has 2 heterocycles. The van der Waals surface area contributed by atoms with Crippen molar-refractivity contribution in [1.29, 1.82) is 0 Å². The normalized spacial score (nSPS) is 19.2. The second-order valence-electron chi connectivity index (χ2n) is 4.93. The number of pyridine rings is 1. The van der Waals surface area contributed by atoms with E-state index in [2.05, 4.69) is 4.98 Å². The Balaban J connectivity index is 1.93. The number of rotatable bonds is 4. The topological polar surface area (TPSA) is 70.5 Å². The average molecular weight is 262 g/mol.